The average Bonchev–Trinajstić information content (AvgIpc) is 3.46. The molecule has 0 amide bonds. The van der Waals surface area contributed by atoms with Gasteiger partial charge in [-0.1, -0.05) is 109 Å². The van der Waals surface area contributed by atoms with Crippen LogP contribution in [0.2, 0.25) is 0 Å². The predicted octanol–water partition coefficient (Wildman–Crippen LogP) is 7.43. The molecule has 0 fully saturated rings. The SMILES string of the molecule is O=C1CC(=O)c2c1c(-c1ccc(-c3ccccc3)cc1)c1c(c2-c2ccc(-c3ccccc3)cc2)C(=O)OC1=O. The van der Waals surface area contributed by atoms with E-state index in [0.29, 0.717) is 11.1 Å². The van der Waals surface area contributed by atoms with E-state index in [2.05, 4.69) is 0 Å². The smallest absolute Gasteiger partial charge is 0.347 e. The summed E-state index contributed by atoms with van der Waals surface area (Å²) in [6.45, 7) is 0. The van der Waals surface area contributed by atoms with Crippen molar-refractivity contribution in [3.63, 3.8) is 0 Å². The van der Waals surface area contributed by atoms with Gasteiger partial charge in [-0.05, 0) is 33.4 Å². The Morgan fingerprint density at radius 2 is 0.675 bits per heavy atom. The van der Waals surface area contributed by atoms with Gasteiger partial charge in [-0.15, -0.1) is 0 Å². The molecule has 0 aromatic heterocycles. The maximum Gasteiger partial charge on any atom is 0.347 e. The molecule has 0 saturated carbocycles. The van der Waals surface area contributed by atoms with Crippen molar-refractivity contribution in [2.75, 3.05) is 0 Å². The number of hydrogen-bond donors (Lipinski definition) is 0. The minimum absolute atomic E-state index is 0.0291. The molecule has 5 aromatic rings. The van der Waals surface area contributed by atoms with Crippen molar-refractivity contribution >= 4 is 23.5 Å². The molecule has 190 valence electrons. The Hall–Kier alpha value is -5.42. The summed E-state index contributed by atoms with van der Waals surface area (Å²) in [5, 5.41) is 0. The fourth-order valence-electron chi connectivity index (χ4n) is 5.72. The summed E-state index contributed by atoms with van der Waals surface area (Å²) in [5.74, 6) is -2.39. The molecule has 0 bridgehead atoms. The van der Waals surface area contributed by atoms with Gasteiger partial charge in [0.25, 0.3) is 0 Å². The molecule has 0 N–H and O–H groups in total. The van der Waals surface area contributed by atoms with Gasteiger partial charge in [-0.2, -0.15) is 0 Å². The third-order valence-electron chi connectivity index (χ3n) is 7.53. The summed E-state index contributed by atoms with van der Waals surface area (Å²) in [7, 11) is 0. The Morgan fingerprint density at radius 3 is 1.05 bits per heavy atom. The van der Waals surface area contributed by atoms with Gasteiger partial charge < -0.3 is 4.74 Å². The van der Waals surface area contributed by atoms with E-state index in [1.165, 1.54) is 0 Å². The van der Waals surface area contributed by atoms with E-state index in [0.717, 1.165) is 22.3 Å². The van der Waals surface area contributed by atoms with Crippen molar-refractivity contribution in [1.29, 1.82) is 0 Å². The van der Waals surface area contributed by atoms with Crippen molar-refractivity contribution in [1.82, 2.24) is 0 Å². The molecular weight excluding hydrogens is 500 g/mol. The van der Waals surface area contributed by atoms with Gasteiger partial charge in [0.15, 0.2) is 11.6 Å². The first-order chi connectivity index (χ1) is 19.5. The number of rotatable bonds is 4. The number of cyclic esters (lactones) is 2. The van der Waals surface area contributed by atoms with Crippen molar-refractivity contribution in [3.05, 3.63) is 131 Å². The molecule has 2 aliphatic rings. The second-order valence-corrected chi connectivity index (χ2v) is 9.84. The lowest BCUT2D eigenvalue weighted by molar-refractivity contribution is 0.0444. The zero-order valence-corrected chi connectivity index (χ0v) is 21.1. The van der Waals surface area contributed by atoms with Crippen LogP contribution in [0.4, 0.5) is 0 Å². The molecule has 0 unspecified atom stereocenters. The van der Waals surface area contributed by atoms with Crippen LogP contribution in [0.25, 0.3) is 44.5 Å². The maximum absolute atomic E-state index is 13.3. The van der Waals surface area contributed by atoms with Gasteiger partial charge in [0.1, 0.15) is 0 Å². The van der Waals surface area contributed by atoms with Crippen LogP contribution >= 0.6 is 0 Å². The Morgan fingerprint density at radius 1 is 0.350 bits per heavy atom. The molecule has 0 spiro atoms. The first-order valence-electron chi connectivity index (χ1n) is 12.9. The highest BCUT2D eigenvalue weighted by molar-refractivity contribution is 6.34. The Balaban J connectivity index is 1.45. The van der Waals surface area contributed by atoms with E-state index >= 15 is 0 Å². The summed E-state index contributed by atoms with van der Waals surface area (Å²) >= 11 is 0. The number of esters is 2. The van der Waals surface area contributed by atoms with Gasteiger partial charge in [-0.25, -0.2) is 9.59 Å². The third-order valence-corrected chi connectivity index (χ3v) is 7.53. The first-order valence-corrected chi connectivity index (χ1v) is 12.9. The number of carbonyl (C=O) groups excluding carboxylic acids is 4. The number of fused-ring (bicyclic) bond motifs is 2. The van der Waals surface area contributed by atoms with E-state index in [9.17, 15) is 19.2 Å². The molecule has 0 saturated heterocycles. The van der Waals surface area contributed by atoms with Gasteiger partial charge >= 0.3 is 11.9 Å². The normalized spacial score (nSPS) is 13.8. The molecular formula is C35H20O5. The van der Waals surface area contributed by atoms with Crippen LogP contribution in [0.5, 0.6) is 0 Å². The summed E-state index contributed by atoms with van der Waals surface area (Å²) in [4.78, 5) is 52.9. The van der Waals surface area contributed by atoms with Crippen LogP contribution in [0.15, 0.2) is 109 Å². The standard InChI is InChI=1S/C35H20O5/c36-26-19-27(37)31-29(25-17-13-23(14-18-25)21-9-5-2-6-10-21)33-32(34(38)40-35(33)39)28(30(26)31)24-15-11-22(12-16-24)20-7-3-1-4-8-20/h1-18H,19H2. The van der Waals surface area contributed by atoms with E-state index < -0.39 is 11.9 Å². The van der Waals surface area contributed by atoms with Crippen molar-refractivity contribution in [3.8, 4) is 44.5 Å². The highest BCUT2D eigenvalue weighted by Crippen LogP contribution is 2.47. The zero-order chi connectivity index (χ0) is 27.4. The van der Waals surface area contributed by atoms with E-state index in [-0.39, 0.29) is 51.4 Å². The van der Waals surface area contributed by atoms with Crippen LogP contribution in [0.3, 0.4) is 0 Å². The van der Waals surface area contributed by atoms with Crippen LogP contribution in [0.1, 0.15) is 47.9 Å². The van der Waals surface area contributed by atoms with Gasteiger partial charge in [0.2, 0.25) is 0 Å². The Bertz CT molecular complexity index is 1670. The lowest BCUT2D eigenvalue weighted by Gasteiger charge is -2.17. The Labute approximate surface area is 229 Å². The highest BCUT2D eigenvalue weighted by atomic mass is 16.6. The van der Waals surface area contributed by atoms with Crippen molar-refractivity contribution in [2.45, 2.75) is 6.42 Å². The molecule has 5 heteroatoms. The Kier molecular flexibility index (Phi) is 5.39. The molecule has 0 radical (unpaired) electrons. The van der Waals surface area contributed by atoms with E-state index in [1.54, 1.807) is 24.3 Å². The quantitative estimate of drug-likeness (QED) is 0.182. The number of ether oxygens (including phenoxy) is 1. The second-order valence-electron chi connectivity index (χ2n) is 9.84. The molecule has 5 nitrogen and oxygen atoms in total. The molecule has 1 aliphatic carbocycles. The fraction of sp³-hybridized carbons (Fsp3) is 0.0286. The number of ketones is 2. The number of Topliss-reactive ketones (excluding diaryl/α,β-unsaturated/α-hetero) is 2. The summed E-state index contributed by atoms with van der Waals surface area (Å²) in [6, 6.07) is 34.4. The van der Waals surface area contributed by atoms with Gasteiger partial charge in [0.05, 0.1) is 17.5 Å². The molecule has 7 rings (SSSR count). The van der Waals surface area contributed by atoms with E-state index in [4.69, 9.17) is 4.74 Å². The number of hydrogen-bond acceptors (Lipinski definition) is 5. The maximum atomic E-state index is 13.3. The lowest BCUT2D eigenvalue weighted by atomic mass is 9.82. The minimum atomic E-state index is -0.820. The summed E-state index contributed by atoms with van der Waals surface area (Å²) in [5.41, 5.74) is 6.02. The molecule has 1 aliphatic heterocycles. The van der Waals surface area contributed by atoms with Crippen LogP contribution in [-0.2, 0) is 4.74 Å². The predicted molar refractivity (Wildman–Crippen MR) is 151 cm³/mol. The van der Waals surface area contributed by atoms with Gasteiger partial charge in [0, 0.05) is 22.3 Å². The zero-order valence-electron chi connectivity index (χ0n) is 21.1. The molecule has 40 heavy (non-hydrogen) atoms. The average molecular weight is 521 g/mol. The third kappa shape index (κ3) is 3.63. The molecule has 0 atom stereocenters. The fourth-order valence-corrected chi connectivity index (χ4v) is 5.72. The van der Waals surface area contributed by atoms with Crippen LogP contribution in [-0.4, -0.2) is 23.5 Å². The summed E-state index contributed by atoms with van der Waals surface area (Å²) in [6.07, 6.45) is -0.314. The number of benzene rings is 5. The topological polar surface area (TPSA) is 77.5 Å². The lowest BCUT2D eigenvalue weighted by Crippen LogP contribution is -2.08. The highest BCUT2D eigenvalue weighted by Gasteiger charge is 2.44. The van der Waals surface area contributed by atoms with Gasteiger partial charge in [-0.3, -0.25) is 9.59 Å². The summed E-state index contributed by atoms with van der Waals surface area (Å²) < 4.78 is 5.09. The first kappa shape index (κ1) is 23.7. The minimum Gasteiger partial charge on any atom is -0.386 e. The van der Waals surface area contributed by atoms with Crippen molar-refractivity contribution in [2.24, 2.45) is 0 Å². The van der Waals surface area contributed by atoms with Crippen LogP contribution < -0.4 is 0 Å². The number of carbonyl (C=O) groups is 4. The van der Waals surface area contributed by atoms with Crippen LogP contribution in [0, 0.1) is 0 Å². The molecule has 1 heterocycles. The van der Waals surface area contributed by atoms with E-state index in [1.807, 2.05) is 84.9 Å². The molecule has 5 aromatic carbocycles. The monoisotopic (exact) mass is 520 g/mol. The van der Waals surface area contributed by atoms with Crippen molar-refractivity contribution < 1.29 is 23.9 Å². The second kappa shape index (κ2) is 9.10. The largest absolute Gasteiger partial charge is 0.386 e.